The highest BCUT2D eigenvalue weighted by Crippen LogP contribution is 2.45. The van der Waals surface area contributed by atoms with E-state index in [-0.39, 0.29) is 18.1 Å². The Labute approximate surface area is 183 Å². The number of rotatable bonds is 4. The minimum atomic E-state index is -0.123. The van der Waals surface area contributed by atoms with Gasteiger partial charge in [-0.05, 0) is 51.1 Å². The van der Waals surface area contributed by atoms with Gasteiger partial charge in [-0.2, -0.15) is 0 Å². The maximum Gasteiger partial charge on any atom is 0.161 e. The molecule has 0 unspecified atom stereocenters. The smallest absolute Gasteiger partial charge is 0.161 e. The van der Waals surface area contributed by atoms with Crippen molar-refractivity contribution >= 4 is 0 Å². The van der Waals surface area contributed by atoms with Gasteiger partial charge < -0.3 is 29.0 Å². The molecular formula is C24H32N2O5. The molecule has 1 aromatic carbocycles. The summed E-state index contributed by atoms with van der Waals surface area (Å²) >= 11 is 0. The number of nitrogens with zero attached hydrogens (tertiary/aromatic N) is 2. The van der Waals surface area contributed by atoms with E-state index in [4.69, 9.17) is 18.9 Å². The Bertz CT molecular complexity index is 934. The zero-order valence-electron chi connectivity index (χ0n) is 18.8. The summed E-state index contributed by atoms with van der Waals surface area (Å²) in [5, 5.41) is 9.77. The van der Waals surface area contributed by atoms with Crippen LogP contribution in [0.1, 0.15) is 35.2 Å². The standard InChI is InChI=1S/C24H32N2O5/c1-16-23-19(17(13-27)12-25-16)14-30-15-22-24(8-10-31-23,7-9-26(22)2)18-5-6-20(28-3)21(11-18)29-4/h5-6,11-12,22,27H,7-10,13-15H2,1-4H3/t22-,24+/m0/s1. The third-order valence-electron chi connectivity index (χ3n) is 6.93. The monoisotopic (exact) mass is 428 g/mol. The van der Waals surface area contributed by atoms with E-state index >= 15 is 0 Å². The van der Waals surface area contributed by atoms with E-state index in [0.717, 1.165) is 53.5 Å². The number of likely N-dealkylation sites (tertiary alicyclic amines) is 1. The molecule has 1 N–H and O–H groups in total. The minimum Gasteiger partial charge on any atom is -0.493 e. The van der Waals surface area contributed by atoms with Gasteiger partial charge in [-0.15, -0.1) is 0 Å². The highest BCUT2D eigenvalue weighted by atomic mass is 16.5. The summed E-state index contributed by atoms with van der Waals surface area (Å²) in [6, 6.07) is 6.43. The summed E-state index contributed by atoms with van der Waals surface area (Å²) in [5.41, 5.74) is 3.56. The fourth-order valence-corrected chi connectivity index (χ4v) is 5.09. The Hall–Kier alpha value is -2.35. The number of likely N-dealkylation sites (N-methyl/N-ethyl adjacent to an activating group) is 1. The molecule has 3 heterocycles. The predicted molar refractivity (Wildman–Crippen MR) is 117 cm³/mol. The fraction of sp³-hybridized carbons (Fsp3) is 0.542. The Kier molecular flexibility index (Phi) is 6.36. The first-order chi connectivity index (χ1) is 15.0. The molecule has 1 aromatic heterocycles. The summed E-state index contributed by atoms with van der Waals surface area (Å²) in [7, 11) is 5.48. The first kappa shape index (κ1) is 21.9. The zero-order valence-corrected chi connectivity index (χ0v) is 18.8. The summed E-state index contributed by atoms with van der Waals surface area (Å²) in [6.07, 6.45) is 3.56. The van der Waals surface area contributed by atoms with Gasteiger partial charge in [0.25, 0.3) is 0 Å². The average molecular weight is 429 g/mol. The van der Waals surface area contributed by atoms with Crippen LogP contribution in [0.3, 0.4) is 0 Å². The molecule has 2 atom stereocenters. The largest absolute Gasteiger partial charge is 0.493 e. The number of fused-ring (bicyclic) bond motifs is 2. The topological polar surface area (TPSA) is 73.3 Å². The Morgan fingerprint density at radius 3 is 2.77 bits per heavy atom. The van der Waals surface area contributed by atoms with Crippen LogP contribution in [0, 0.1) is 6.92 Å². The van der Waals surface area contributed by atoms with Crippen LogP contribution in [0.2, 0.25) is 0 Å². The lowest BCUT2D eigenvalue weighted by atomic mass is 9.71. The molecule has 0 radical (unpaired) electrons. The number of ether oxygens (including phenoxy) is 4. The lowest BCUT2D eigenvalue weighted by molar-refractivity contribution is 0.0415. The molecule has 2 aliphatic heterocycles. The van der Waals surface area contributed by atoms with Crippen LogP contribution < -0.4 is 14.2 Å². The van der Waals surface area contributed by atoms with Gasteiger partial charge in [0.05, 0.1) is 46.3 Å². The Balaban J connectivity index is 1.73. The number of aryl methyl sites for hydroxylation is 1. The van der Waals surface area contributed by atoms with Crippen molar-refractivity contribution < 1.29 is 24.1 Å². The van der Waals surface area contributed by atoms with Crippen LogP contribution in [-0.2, 0) is 23.4 Å². The number of benzene rings is 1. The molecule has 0 spiro atoms. The molecule has 0 aliphatic carbocycles. The molecule has 7 heteroatoms. The highest BCUT2D eigenvalue weighted by molar-refractivity contribution is 5.47. The van der Waals surface area contributed by atoms with Crippen molar-refractivity contribution in [3.8, 4) is 17.2 Å². The van der Waals surface area contributed by atoms with E-state index < -0.39 is 0 Å². The fourth-order valence-electron chi connectivity index (χ4n) is 5.09. The van der Waals surface area contributed by atoms with Crippen molar-refractivity contribution in [2.24, 2.45) is 0 Å². The average Bonchev–Trinajstić information content (AvgIpc) is 3.12. The van der Waals surface area contributed by atoms with Crippen molar-refractivity contribution in [2.45, 2.75) is 44.4 Å². The summed E-state index contributed by atoms with van der Waals surface area (Å²) < 4.78 is 23.6. The highest BCUT2D eigenvalue weighted by Gasteiger charge is 2.47. The molecule has 1 fully saturated rings. The predicted octanol–water partition coefficient (Wildman–Crippen LogP) is 2.84. The summed E-state index contributed by atoms with van der Waals surface area (Å²) in [5.74, 6) is 2.20. The number of aliphatic hydroxyl groups is 1. The number of methoxy groups -OCH3 is 2. The Morgan fingerprint density at radius 1 is 1.23 bits per heavy atom. The summed E-state index contributed by atoms with van der Waals surface area (Å²) in [6.45, 7) is 4.38. The number of hydrogen-bond donors (Lipinski definition) is 1. The third-order valence-corrected chi connectivity index (χ3v) is 6.93. The molecule has 0 amide bonds. The maximum absolute atomic E-state index is 9.77. The van der Waals surface area contributed by atoms with Gasteiger partial charge in [-0.25, -0.2) is 0 Å². The van der Waals surface area contributed by atoms with E-state index in [1.54, 1.807) is 20.4 Å². The molecule has 4 rings (SSSR count). The lowest BCUT2D eigenvalue weighted by Crippen LogP contribution is -2.45. The molecular weight excluding hydrogens is 396 g/mol. The van der Waals surface area contributed by atoms with Crippen LogP contribution in [0.25, 0.3) is 0 Å². The zero-order chi connectivity index (χ0) is 22.0. The van der Waals surface area contributed by atoms with Gasteiger partial charge >= 0.3 is 0 Å². The maximum atomic E-state index is 9.77. The molecule has 2 aromatic rings. The minimum absolute atomic E-state index is 0.0821. The van der Waals surface area contributed by atoms with E-state index in [1.165, 1.54) is 5.56 Å². The van der Waals surface area contributed by atoms with Crippen LogP contribution in [0.4, 0.5) is 0 Å². The second-order valence-electron chi connectivity index (χ2n) is 8.42. The Morgan fingerprint density at radius 2 is 2.03 bits per heavy atom. The van der Waals surface area contributed by atoms with Crippen LogP contribution in [0.5, 0.6) is 17.2 Å². The van der Waals surface area contributed by atoms with Gasteiger partial charge in [0, 0.05) is 28.8 Å². The molecule has 0 saturated carbocycles. The third kappa shape index (κ3) is 3.86. The summed E-state index contributed by atoms with van der Waals surface area (Å²) in [4.78, 5) is 6.79. The number of pyridine rings is 1. The number of aromatic nitrogens is 1. The van der Waals surface area contributed by atoms with E-state index in [9.17, 15) is 5.11 Å². The number of hydrogen-bond acceptors (Lipinski definition) is 7. The second kappa shape index (κ2) is 9.02. The molecule has 31 heavy (non-hydrogen) atoms. The van der Waals surface area contributed by atoms with Crippen molar-refractivity contribution in [3.63, 3.8) is 0 Å². The van der Waals surface area contributed by atoms with Crippen molar-refractivity contribution in [3.05, 3.63) is 46.8 Å². The van der Waals surface area contributed by atoms with Gasteiger partial charge in [0.1, 0.15) is 5.75 Å². The molecule has 168 valence electrons. The van der Waals surface area contributed by atoms with Gasteiger partial charge in [0.2, 0.25) is 0 Å². The normalized spacial score (nSPS) is 24.1. The van der Waals surface area contributed by atoms with Crippen LogP contribution in [-0.4, -0.2) is 62.1 Å². The second-order valence-corrected chi connectivity index (χ2v) is 8.42. The molecule has 0 bridgehead atoms. The molecule has 1 saturated heterocycles. The van der Waals surface area contributed by atoms with E-state index in [0.29, 0.717) is 19.8 Å². The van der Waals surface area contributed by atoms with E-state index in [2.05, 4.69) is 29.1 Å². The van der Waals surface area contributed by atoms with Crippen molar-refractivity contribution in [1.82, 2.24) is 9.88 Å². The van der Waals surface area contributed by atoms with Crippen LogP contribution >= 0.6 is 0 Å². The quantitative estimate of drug-likeness (QED) is 0.803. The molecule has 7 nitrogen and oxygen atoms in total. The van der Waals surface area contributed by atoms with Gasteiger partial charge in [0.15, 0.2) is 11.5 Å². The van der Waals surface area contributed by atoms with Gasteiger partial charge in [-0.3, -0.25) is 4.98 Å². The van der Waals surface area contributed by atoms with Crippen molar-refractivity contribution in [2.75, 3.05) is 41.0 Å². The van der Waals surface area contributed by atoms with Crippen molar-refractivity contribution in [1.29, 1.82) is 0 Å². The first-order valence-corrected chi connectivity index (χ1v) is 10.8. The number of aliphatic hydroxyl groups excluding tert-OH is 1. The molecule has 2 aliphatic rings. The SMILES string of the molecule is COc1ccc([C@@]23CCOc4c(C)ncc(CO)c4COC[C@@H]2N(C)CC3)cc1OC. The lowest BCUT2D eigenvalue weighted by Gasteiger charge is -2.39. The first-order valence-electron chi connectivity index (χ1n) is 10.8. The van der Waals surface area contributed by atoms with E-state index in [1.807, 2.05) is 13.0 Å². The van der Waals surface area contributed by atoms with Crippen LogP contribution in [0.15, 0.2) is 24.4 Å². The van der Waals surface area contributed by atoms with Gasteiger partial charge in [-0.1, -0.05) is 6.07 Å².